The highest BCUT2D eigenvalue weighted by molar-refractivity contribution is 5.18. The van der Waals surface area contributed by atoms with Gasteiger partial charge in [0.1, 0.15) is 6.17 Å². The SMILES string of the molecule is FC#CC=CC1[CH]C1. The van der Waals surface area contributed by atoms with Gasteiger partial charge >= 0.3 is 0 Å². The first-order valence-corrected chi connectivity index (χ1v) is 2.54. The molecule has 0 bridgehead atoms. The highest BCUT2D eigenvalue weighted by Crippen LogP contribution is 2.28. The van der Waals surface area contributed by atoms with E-state index in [1.165, 1.54) is 6.17 Å². The zero-order valence-electron chi connectivity index (χ0n) is 4.39. The number of hydrogen-bond acceptors (Lipinski definition) is 0. The van der Waals surface area contributed by atoms with E-state index in [9.17, 15) is 4.39 Å². The van der Waals surface area contributed by atoms with Crippen LogP contribution in [0.15, 0.2) is 12.2 Å². The van der Waals surface area contributed by atoms with Crippen LogP contribution in [0.5, 0.6) is 0 Å². The third kappa shape index (κ3) is 1.79. The van der Waals surface area contributed by atoms with Crippen LogP contribution in [0.4, 0.5) is 4.39 Å². The molecular weight excluding hydrogens is 103 g/mol. The van der Waals surface area contributed by atoms with Crippen molar-refractivity contribution in [1.82, 2.24) is 0 Å². The summed E-state index contributed by atoms with van der Waals surface area (Å²) in [5.74, 6) is 2.78. The van der Waals surface area contributed by atoms with Gasteiger partial charge in [-0.3, -0.25) is 0 Å². The van der Waals surface area contributed by atoms with E-state index in [-0.39, 0.29) is 0 Å². The van der Waals surface area contributed by atoms with Gasteiger partial charge in [-0.15, -0.1) is 4.39 Å². The molecule has 1 aliphatic rings. The quantitative estimate of drug-likeness (QED) is 0.449. The lowest BCUT2D eigenvalue weighted by atomic mass is 10.4. The Morgan fingerprint density at radius 1 is 1.75 bits per heavy atom. The largest absolute Gasteiger partial charge is 0.144 e. The molecule has 1 aliphatic carbocycles. The summed E-state index contributed by atoms with van der Waals surface area (Å²) in [6.07, 6.45) is 8.01. The first kappa shape index (κ1) is 5.37. The van der Waals surface area contributed by atoms with E-state index in [1.54, 1.807) is 6.08 Å². The van der Waals surface area contributed by atoms with Crippen LogP contribution in [0, 0.1) is 24.4 Å². The second kappa shape index (κ2) is 2.52. The van der Waals surface area contributed by atoms with E-state index in [4.69, 9.17) is 0 Å². The van der Waals surface area contributed by atoms with Crippen molar-refractivity contribution >= 4 is 0 Å². The minimum absolute atomic E-state index is 0.579. The summed E-state index contributed by atoms with van der Waals surface area (Å²) in [5.41, 5.74) is 0. The highest BCUT2D eigenvalue weighted by Gasteiger charge is 2.16. The van der Waals surface area contributed by atoms with Crippen molar-refractivity contribution in [3.8, 4) is 12.1 Å². The van der Waals surface area contributed by atoms with Crippen LogP contribution in [0.25, 0.3) is 0 Å². The molecule has 1 radical (unpaired) electrons. The molecule has 1 heteroatoms. The Morgan fingerprint density at radius 2 is 2.50 bits per heavy atom. The van der Waals surface area contributed by atoms with Crippen molar-refractivity contribution in [2.24, 2.45) is 5.92 Å². The van der Waals surface area contributed by atoms with Gasteiger partial charge in [-0.2, -0.15) is 0 Å². The summed E-state index contributed by atoms with van der Waals surface area (Å²) in [6.45, 7) is 0. The fraction of sp³-hybridized carbons (Fsp3) is 0.286. The Bertz CT molecular complexity index is 144. The molecule has 0 saturated heterocycles. The van der Waals surface area contributed by atoms with E-state index in [1.807, 2.05) is 6.08 Å². The van der Waals surface area contributed by atoms with Crippen molar-refractivity contribution in [3.05, 3.63) is 18.6 Å². The minimum atomic E-state index is 0.579. The second-order valence-electron chi connectivity index (χ2n) is 1.73. The van der Waals surface area contributed by atoms with Gasteiger partial charge in [0.2, 0.25) is 0 Å². The predicted molar refractivity (Wildman–Crippen MR) is 30.4 cm³/mol. The molecule has 0 spiro atoms. The van der Waals surface area contributed by atoms with E-state index in [0.29, 0.717) is 5.92 Å². The van der Waals surface area contributed by atoms with E-state index >= 15 is 0 Å². The highest BCUT2D eigenvalue weighted by atomic mass is 19.1. The zero-order valence-corrected chi connectivity index (χ0v) is 4.39. The van der Waals surface area contributed by atoms with Crippen LogP contribution in [-0.4, -0.2) is 0 Å². The molecule has 0 nitrogen and oxygen atoms in total. The molecular formula is C7H6F. The third-order valence-corrected chi connectivity index (χ3v) is 0.989. The molecule has 1 atom stereocenters. The van der Waals surface area contributed by atoms with Gasteiger partial charge < -0.3 is 0 Å². The van der Waals surface area contributed by atoms with E-state index in [2.05, 4.69) is 12.3 Å². The lowest BCUT2D eigenvalue weighted by molar-refractivity contribution is 0.774. The molecule has 1 rings (SSSR count). The maximum atomic E-state index is 11.0. The van der Waals surface area contributed by atoms with Crippen LogP contribution in [0.3, 0.4) is 0 Å². The van der Waals surface area contributed by atoms with Gasteiger partial charge in [0.05, 0.1) is 0 Å². The van der Waals surface area contributed by atoms with Crippen molar-refractivity contribution in [1.29, 1.82) is 0 Å². The lowest BCUT2D eigenvalue weighted by Gasteiger charge is -1.69. The Kier molecular flexibility index (Phi) is 1.69. The van der Waals surface area contributed by atoms with Gasteiger partial charge in [0.15, 0.2) is 0 Å². The fourth-order valence-electron chi connectivity index (χ4n) is 0.439. The summed E-state index contributed by atoms with van der Waals surface area (Å²) in [7, 11) is 0. The van der Waals surface area contributed by atoms with Crippen molar-refractivity contribution in [3.63, 3.8) is 0 Å². The van der Waals surface area contributed by atoms with E-state index in [0.717, 1.165) is 6.42 Å². The number of halogens is 1. The smallest absolute Gasteiger partial charge is 0.110 e. The molecule has 1 unspecified atom stereocenters. The lowest BCUT2D eigenvalue weighted by Crippen LogP contribution is -1.58. The zero-order chi connectivity index (χ0) is 5.82. The molecule has 0 aliphatic heterocycles. The number of rotatable bonds is 1. The van der Waals surface area contributed by atoms with Gasteiger partial charge in [-0.1, -0.05) is 6.08 Å². The Morgan fingerprint density at radius 3 is 3.00 bits per heavy atom. The molecule has 0 aromatic rings. The fourth-order valence-corrected chi connectivity index (χ4v) is 0.439. The van der Waals surface area contributed by atoms with Crippen molar-refractivity contribution < 1.29 is 4.39 Å². The topological polar surface area (TPSA) is 0 Å². The standard InChI is InChI=1S/C7H6F/c8-6-2-1-3-7-4-5-7/h1,3-4,7H,5H2. The monoisotopic (exact) mass is 109 g/mol. The van der Waals surface area contributed by atoms with Crippen LogP contribution < -0.4 is 0 Å². The van der Waals surface area contributed by atoms with Crippen LogP contribution in [0.2, 0.25) is 0 Å². The molecule has 0 amide bonds. The first-order valence-electron chi connectivity index (χ1n) is 2.54. The molecule has 41 valence electrons. The van der Waals surface area contributed by atoms with Gasteiger partial charge in [0.25, 0.3) is 0 Å². The number of hydrogen-bond donors (Lipinski definition) is 0. The summed E-state index contributed by atoms with van der Waals surface area (Å²) >= 11 is 0. The molecule has 0 heterocycles. The summed E-state index contributed by atoms with van der Waals surface area (Å²) in [4.78, 5) is 0. The Balaban J connectivity index is 2.20. The van der Waals surface area contributed by atoms with Gasteiger partial charge in [-0.05, 0) is 30.8 Å². The van der Waals surface area contributed by atoms with Crippen molar-refractivity contribution in [2.45, 2.75) is 6.42 Å². The average molecular weight is 109 g/mol. The van der Waals surface area contributed by atoms with Crippen molar-refractivity contribution in [2.75, 3.05) is 0 Å². The normalized spacial score (nSPS) is 18.1. The molecule has 0 aromatic heterocycles. The summed E-state index contributed by atoms with van der Waals surface area (Å²) in [6, 6.07) is 0. The first-order chi connectivity index (χ1) is 3.93. The van der Waals surface area contributed by atoms with Gasteiger partial charge in [0, 0.05) is 0 Å². The third-order valence-electron chi connectivity index (χ3n) is 0.989. The maximum absolute atomic E-state index is 11.0. The van der Waals surface area contributed by atoms with Crippen LogP contribution in [-0.2, 0) is 0 Å². The van der Waals surface area contributed by atoms with Gasteiger partial charge in [-0.25, -0.2) is 0 Å². The second-order valence-corrected chi connectivity index (χ2v) is 1.73. The minimum Gasteiger partial charge on any atom is -0.144 e. The van der Waals surface area contributed by atoms with Crippen LogP contribution >= 0.6 is 0 Å². The Labute approximate surface area is 48.4 Å². The molecule has 0 aromatic carbocycles. The maximum Gasteiger partial charge on any atom is 0.110 e. The number of allylic oxidation sites excluding steroid dienone is 2. The van der Waals surface area contributed by atoms with Crippen LogP contribution in [0.1, 0.15) is 6.42 Å². The summed E-state index contributed by atoms with van der Waals surface area (Å²) in [5, 5.41) is 0. The average Bonchev–Trinajstić information content (AvgIpc) is 2.51. The molecule has 0 N–H and O–H groups in total. The molecule has 1 fully saturated rings. The summed E-state index contributed by atoms with van der Waals surface area (Å²) < 4.78 is 11.0. The molecule has 1 saturated carbocycles. The molecule has 8 heavy (non-hydrogen) atoms. The Hall–Kier alpha value is -0.770. The predicted octanol–water partition coefficient (Wildman–Crippen LogP) is 1.70. The van der Waals surface area contributed by atoms with E-state index < -0.39 is 0 Å².